The van der Waals surface area contributed by atoms with Crippen LogP contribution in [0.3, 0.4) is 0 Å². The fourth-order valence-corrected chi connectivity index (χ4v) is 2.04. The van der Waals surface area contributed by atoms with Crippen LogP contribution in [-0.4, -0.2) is 27.0 Å². The Bertz CT molecular complexity index is 571. The highest BCUT2D eigenvalue weighted by Crippen LogP contribution is 2.20. The van der Waals surface area contributed by atoms with Gasteiger partial charge in [-0.2, -0.15) is 0 Å². The molecular formula is C11H17N3O4S. The summed E-state index contributed by atoms with van der Waals surface area (Å²) in [5.74, 6) is -0.443. The van der Waals surface area contributed by atoms with Crippen LogP contribution in [0.15, 0.2) is 23.1 Å². The summed E-state index contributed by atoms with van der Waals surface area (Å²) >= 11 is 0. The first-order chi connectivity index (χ1) is 8.74. The molecule has 19 heavy (non-hydrogen) atoms. The van der Waals surface area contributed by atoms with Crippen molar-refractivity contribution in [3.63, 3.8) is 0 Å². The standard InChI is InChI=1S/C11H17N3O4S/c1-3-18-11(15)7(2)14-9-4-8(12)5-10(6-9)19(13,16)17/h4-7,14H,3,12H2,1-2H3,(H2,13,16,17). The van der Waals surface area contributed by atoms with Gasteiger partial charge < -0.3 is 15.8 Å². The molecule has 1 aromatic carbocycles. The lowest BCUT2D eigenvalue weighted by Crippen LogP contribution is -2.28. The van der Waals surface area contributed by atoms with Crippen LogP contribution in [0.25, 0.3) is 0 Å². The van der Waals surface area contributed by atoms with E-state index in [-0.39, 0.29) is 17.2 Å². The smallest absolute Gasteiger partial charge is 0.328 e. The van der Waals surface area contributed by atoms with Gasteiger partial charge in [0.1, 0.15) is 6.04 Å². The van der Waals surface area contributed by atoms with E-state index in [1.807, 2.05) is 0 Å². The number of primary sulfonamides is 1. The number of nitrogen functional groups attached to an aromatic ring is 1. The number of rotatable bonds is 5. The normalized spacial score (nSPS) is 12.8. The fourth-order valence-electron chi connectivity index (χ4n) is 1.45. The zero-order valence-electron chi connectivity index (χ0n) is 10.7. The van der Waals surface area contributed by atoms with Crippen molar-refractivity contribution >= 4 is 27.4 Å². The van der Waals surface area contributed by atoms with E-state index in [9.17, 15) is 13.2 Å². The highest BCUT2D eigenvalue weighted by molar-refractivity contribution is 7.89. The molecule has 1 unspecified atom stereocenters. The number of nitrogens with one attached hydrogen (secondary N) is 1. The number of hydrogen-bond donors (Lipinski definition) is 3. The van der Waals surface area contributed by atoms with Crippen molar-refractivity contribution in [2.24, 2.45) is 5.14 Å². The minimum absolute atomic E-state index is 0.119. The third kappa shape index (κ3) is 4.42. The van der Waals surface area contributed by atoms with Gasteiger partial charge in [-0.3, -0.25) is 0 Å². The Balaban J connectivity index is 2.96. The molecule has 0 aliphatic rings. The number of ether oxygens (including phenoxy) is 1. The largest absolute Gasteiger partial charge is 0.464 e. The maximum absolute atomic E-state index is 11.5. The van der Waals surface area contributed by atoms with Gasteiger partial charge in [0.25, 0.3) is 0 Å². The Morgan fingerprint density at radius 3 is 2.58 bits per heavy atom. The lowest BCUT2D eigenvalue weighted by Gasteiger charge is -2.15. The Labute approximate surface area is 112 Å². The second-order valence-corrected chi connectivity index (χ2v) is 5.52. The van der Waals surface area contributed by atoms with Gasteiger partial charge in [0, 0.05) is 11.4 Å². The number of carbonyl (C=O) groups is 1. The summed E-state index contributed by atoms with van der Waals surface area (Å²) in [6.07, 6.45) is 0. The Morgan fingerprint density at radius 1 is 1.42 bits per heavy atom. The third-order valence-corrected chi connectivity index (χ3v) is 3.17. The molecular weight excluding hydrogens is 270 g/mol. The summed E-state index contributed by atoms with van der Waals surface area (Å²) in [5.41, 5.74) is 6.20. The number of carbonyl (C=O) groups excluding carboxylic acids is 1. The van der Waals surface area contributed by atoms with Crippen LogP contribution in [0.5, 0.6) is 0 Å². The maximum Gasteiger partial charge on any atom is 0.328 e. The second kappa shape index (κ2) is 5.89. The van der Waals surface area contributed by atoms with Crippen molar-refractivity contribution in [3.05, 3.63) is 18.2 Å². The summed E-state index contributed by atoms with van der Waals surface area (Å²) in [6.45, 7) is 3.56. The first-order valence-electron chi connectivity index (χ1n) is 5.60. The average Bonchev–Trinajstić information content (AvgIpc) is 2.27. The van der Waals surface area contributed by atoms with E-state index in [0.29, 0.717) is 5.69 Å². The van der Waals surface area contributed by atoms with Gasteiger partial charge in [-0.05, 0) is 32.0 Å². The fraction of sp³-hybridized carbons (Fsp3) is 0.364. The van der Waals surface area contributed by atoms with Gasteiger partial charge in [0.2, 0.25) is 10.0 Å². The topological polar surface area (TPSA) is 125 Å². The highest BCUT2D eigenvalue weighted by Gasteiger charge is 2.15. The van der Waals surface area contributed by atoms with Crippen molar-refractivity contribution in [2.75, 3.05) is 17.7 Å². The molecule has 1 aromatic rings. The van der Waals surface area contributed by atoms with E-state index >= 15 is 0 Å². The molecule has 1 rings (SSSR count). The molecule has 0 bridgehead atoms. The maximum atomic E-state index is 11.5. The summed E-state index contributed by atoms with van der Waals surface area (Å²) in [7, 11) is -3.85. The van der Waals surface area contributed by atoms with E-state index in [4.69, 9.17) is 15.6 Å². The number of sulfonamides is 1. The first-order valence-corrected chi connectivity index (χ1v) is 7.15. The van der Waals surface area contributed by atoms with Gasteiger partial charge in [-0.15, -0.1) is 0 Å². The van der Waals surface area contributed by atoms with Gasteiger partial charge in [-0.25, -0.2) is 18.4 Å². The first kappa shape index (κ1) is 15.3. The van der Waals surface area contributed by atoms with Crippen LogP contribution in [0.2, 0.25) is 0 Å². The monoisotopic (exact) mass is 287 g/mol. The molecule has 1 atom stereocenters. The molecule has 0 amide bonds. The number of benzene rings is 1. The van der Waals surface area contributed by atoms with Gasteiger partial charge >= 0.3 is 5.97 Å². The Kier molecular flexibility index (Phi) is 4.73. The number of hydrogen-bond acceptors (Lipinski definition) is 6. The molecule has 0 saturated heterocycles. The minimum atomic E-state index is -3.85. The lowest BCUT2D eigenvalue weighted by atomic mass is 10.2. The molecule has 0 radical (unpaired) electrons. The van der Waals surface area contributed by atoms with Crippen LogP contribution in [0, 0.1) is 0 Å². The summed E-state index contributed by atoms with van der Waals surface area (Å²) in [4.78, 5) is 11.3. The van der Waals surface area contributed by atoms with Gasteiger partial charge in [0.15, 0.2) is 0 Å². The predicted molar refractivity (Wildman–Crippen MR) is 71.9 cm³/mol. The number of nitrogens with two attached hydrogens (primary N) is 2. The van der Waals surface area contributed by atoms with Gasteiger partial charge in [-0.1, -0.05) is 0 Å². The van der Waals surface area contributed by atoms with Crippen molar-refractivity contribution in [3.8, 4) is 0 Å². The second-order valence-electron chi connectivity index (χ2n) is 3.95. The van der Waals surface area contributed by atoms with E-state index in [1.165, 1.54) is 18.2 Å². The van der Waals surface area contributed by atoms with Crippen LogP contribution < -0.4 is 16.2 Å². The number of anilines is 2. The van der Waals surface area contributed by atoms with Crippen LogP contribution in [0.1, 0.15) is 13.8 Å². The zero-order valence-corrected chi connectivity index (χ0v) is 11.5. The molecule has 7 nitrogen and oxygen atoms in total. The molecule has 0 heterocycles. The molecule has 0 fully saturated rings. The van der Waals surface area contributed by atoms with Crippen molar-refractivity contribution in [2.45, 2.75) is 24.8 Å². The van der Waals surface area contributed by atoms with E-state index in [0.717, 1.165) is 0 Å². The quantitative estimate of drug-likeness (QED) is 0.527. The zero-order chi connectivity index (χ0) is 14.6. The van der Waals surface area contributed by atoms with Crippen molar-refractivity contribution in [1.29, 1.82) is 0 Å². The molecule has 5 N–H and O–H groups in total. The lowest BCUT2D eigenvalue weighted by molar-refractivity contribution is -0.143. The third-order valence-electron chi connectivity index (χ3n) is 2.28. The molecule has 8 heteroatoms. The summed E-state index contributed by atoms with van der Waals surface area (Å²) in [5, 5.41) is 7.84. The van der Waals surface area contributed by atoms with Crippen molar-refractivity contribution in [1.82, 2.24) is 0 Å². The minimum Gasteiger partial charge on any atom is -0.464 e. The number of esters is 1. The summed E-state index contributed by atoms with van der Waals surface area (Å²) in [6, 6.07) is 3.43. The average molecular weight is 287 g/mol. The molecule has 0 aromatic heterocycles. The Morgan fingerprint density at radius 2 is 2.05 bits per heavy atom. The van der Waals surface area contributed by atoms with E-state index in [1.54, 1.807) is 13.8 Å². The van der Waals surface area contributed by atoms with Gasteiger partial charge in [0.05, 0.1) is 11.5 Å². The molecule has 0 saturated carbocycles. The van der Waals surface area contributed by atoms with Crippen LogP contribution in [-0.2, 0) is 19.6 Å². The predicted octanol–water partition coefficient (Wildman–Crippen LogP) is 0.280. The molecule has 0 spiro atoms. The summed E-state index contributed by atoms with van der Waals surface area (Å²) < 4.78 is 27.4. The van der Waals surface area contributed by atoms with Crippen LogP contribution >= 0.6 is 0 Å². The Hall–Kier alpha value is -1.80. The van der Waals surface area contributed by atoms with Crippen molar-refractivity contribution < 1.29 is 17.9 Å². The highest BCUT2D eigenvalue weighted by atomic mass is 32.2. The van der Waals surface area contributed by atoms with E-state index in [2.05, 4.69) is 5.32 Å². The van der Waals surface area contributed by atoms with Crippen LogP contribution in [0.4, 0.5) is 11.4 Å². The molecule has 106 valence electrons. The molecule has 0 aliphatic heterocycles. The molecule has 0 aliphatic carbocycles. The SMILES string of the molecule is CCOC(=O)C(C)Nc1cc(N)cc(S(N)(=O)=O)c1. The van der Waals surface area contributed by atoms with E-state index < -0.39 is 22.0 Å².